The fourth-order valence-electron chi connectivity index (χ4n) is 4.22. The number of benzene rings is 2. The van der Waals surface area contributed by atoms with Crippen LogP contribution in [-0.4, -0.2) is 63.6 Å². The highest BCUT2D eigenvalue weighted by molar-refractivity contribution is 8.00. The molecule has 1 atom stereocenters. The quantitative estimate of drug-likeness (QED) is 0.133. The summed E-state index contributed by atoms with van der Waals surface area (Å²) in [6.07, 6.45) is 0. The minimum Gasteiger partial charge on any atom is -0.484 e. The third-order valence-corrected chi connectivity index (χ3v) is 8.78. The van der Waals surface area contributed by atoms with Gasteiger partial charge in [-0.15, -0.1) is 21.5 Å². The summed E-state index contributed by atoms with van der Waals surface area (Å²) in [6, 6.07) is 18.7. The molecule has 2 aromatic carbocycles. The van der Waals surface area contributed by atoms with Gasteiger partial charge in [0, 0.05) is 0 Å². The number of hydrogen-bond acceptors (Lipinski definition) is 11. The molecular formula is C32H35N5O7S2. The summed E-state index contributed by atoms with van der Waals surface area (Å²) in [5, 5.41) is 14.2. The standard InChI is InChI=1S/C32H35N5O7S2/c1-5-42-30(40)26-20(3)27(31(41)43-6-2)46-29(26)34-28(39)21(4)45-32-36-35-24(37(32)18-22-13-9-7-10-14-22)17-33-25(38)19-44-23-15-11-8-12-16-23/h7-16,21H,5-6,17-19H2,1-4H3,(H,33,38)(H,34,39)/t21-/m1/s1. The van der Waals surface area contributed by atoms with Crippen LogP contribution in [0.15, 0.2) is 65.8 Å². The van der Waals surface area contributed by atoms with E-state index in [9.17, 15) is 19.2 Å². The average molecular weight is 666 g/mol. The Hall–Kier alpha value is -4.69. The molecule has 0 bridgehead atoms. The number of para-hydroxylation sites is 1. The lowest BCUT2D eigenvalue weighted by Crippen LogP contribution is -2.29. The molecule has 4 rings (SSSR count). The van der Waals surface area contributed by atoms with Gasteiger partial charge < -0.3 is 29.4 Å². The number of carbonyl (C=O) groups excluding carboxylic acids is 4. The molecule has 0 saturated heterocycles. The maximum atomic E-state index is 13.4. The van der Waals surface area contributed by atoms with Gasteiger partial charge in [0.15, 0.2) is 17.6 Å². The van der Waals surface area contributed by atoms with E-state index in [-0.39, 0.29) is 47.7 Å². The SMILES string of the molecule is CCOC(=O)c1sc(NC(=O)[C@@H](C)Sc2nnc(CNC(=O)COc3ccccc3)n2Cc2ccccc2)c(C(=O)OCC)c1C. The number of hydrogen-bond donors (Lipinski definition) is 2. The molecule has 0 spiro atoms. The number of carbonyl (C=O) groups is 4. The Balaban J connectivity index is 1.50. The van der Waals surface area contributed by atoms with Gasteiger partial charge in [-0.25, -0.2) is 9.59 Å². The molecule has 2 heterocycles. The summed E-state index contributed by atoms with van der Waals surface area (Å²) in [6.45, 7) is 7.28. The highest BCUT2D eigenvalue weighted by atomic mass is 32.2. The fourth-order valence-corrected chi connectivity index (χ4v) is 6.18. The van der Waals surface area contributed by atoms with Crippen molar-refractivity contribution in [2.75, 3.05) is 25.1 Å². The minimum atomic E-state index is -0.691. The molecule has 4 aromatic rings. The van der Waals surface area contributed by atoms with Gasteiger partial charge in [-0.2, -0.15) is 0 Å². The Kier molecular flexibility index (Phi) is 12.3. The lowest BCUT2D eigenvalue weighted by atomic mass is 10.1. The molecule has 0 radical (unpaired) electrons. The van der Waals surface area contributed by atoms with Crippen molar-refractivity contribution in [1.29, 1.82) is 0 Å². The second kappa shape index (κ2) is 16.6. The zero-order valence-corrected chi connectivity index (χ0v) is 27.5. The van der Waals surface area contributed by atoms with E-state index in [0.29, 0.717) is 28.8 Å². The predicted molar refractivity (Wildman–Crippen MR) is 174 cm³/mol. The lowest BCUT2D eigenvalue weighted by Gasteiger charge is -2.14. The zero-order valence-electron chi connectivity index (χ0n) is 25.9. The molecule has 242 valence electrons. The number of esters is 2. The van der Waals surface area contributed by atoms with Crippen molar-refractivity contribution >= 4 is 51.9 Å². The van der Waals surface area contributed by atoms with E-state index in [1.54, 1.807) is 39.8 Å². The molecular weight excluding hydrogens is 631 g/mol. The predicted octanol–water partition coefficient (Wildman–Crippen LogP) is 4.86. The second-order valence-electron chi connectivity index (χ2n) is 9.80. The number of aromatic nitrogens is 3. The number of ether oxygens (including phenoxy) is 3. The van der Waals surface area contributed by atoms with Crippen molar-refractivity contribution in [3.8, 4) is 5.75 Å². The molecule has 2 N–H and O–H groups in total. The van der Waals surface area contributed by atoms with Crippen LogP contribution >= 0.6 is 23.1 Å². The Bertz CT molecular complexity index is 1660. The van der Waals surface area contributed by atoms with Crippen LogP contribution in [0.5, 0.6) is 5.75 Å². The number of rotatable bonds is 15. The molecule has 2 amide bonds. The van der Waals surface area contributed by atoms with Crippen LogP contribution in [-0.2, 0) is 32.2 Å². The van der Waals surface area contributed by atoms with Crippen LogP contribution in [0.2, 0.25) is 0 Å². The summed E-state index contributed by atoms with van der Waals surface area (Å²) in [5.41, 5.74) is 1.46. The average Bonchev–Trinajstić information content (AvgIpc) is 3.59. The van der Waals surface area contributed by atoms with Crippen LogP contribution in [0.3, 0.4) is 0 Å². The molecule has 46 heavy (non-hydrogen) atoms. The maximum absolute atomic E-state index is 13.4. The van der Waals surface area contributed by atoms with E-state index in [0.717, 1.165) is 16.9 Å². The Morgan fingerprint density at radius 3 is 2.26 bits per heavy atom. The number of amides is 2. The van der Waals surface area contributed by atoms with Gasteiger partial charge in [0.05, 0.1) is 37.1 Å². The fraction of sp³-hybridized carbons (Fsp3) is 0.312. The number of nitrogens with one attached hydrogen (secondary N) is 2. The van der Waals surface area contributed by atoms with Crippen molar-refractivity contribution in [3.63, 3.8) is 0 Å². The molecule has 0 aliphatic heterocycles. The Labute approximate surface area is 274 Å². The monoisotopic (exact) mass is 665 g/mol. The smallest absolute Gasteiger partial charge is 0.348 e. The summed E-state index contributed by atoms with van der Waals surface area (Å²) in [5.74, 6) is -0.908. The third-order valence-electron chi connectivity index (χ3n) is 6.51. The lowest BCUT2D eigenvalue weighted by molar-refractivity contribution is -0.123. The van der Waals surface area contributed by atoms with E-state index in [2.05, 4.69) is 20.8 Å². The zero-order chi connectivity index (χ0) is 33.1. The van der Waals surface area contributed by atoms with E-state index in [1.807, 2.05) is 53.1 Å². The first-order valence-electron chi connectivity index (χ1n) is 14.6. The molecule has 12 nitrogen and oxygen atoms in total. The van der Waals surface area contributed by atoms with Crippen LogP contribution in [0.25, 0.3) is 0 Å². The number of thioether (sulfide) groups is 1. The highest BCUT2D eigenvalue weighted by Gasteiger charge is 2.29. The molecule has 0 unspecified atom stereocenters. The van der Waals surface area contributed by atoms with Gasteiger partial charge in [-0.3, -0.25) is 9.59 Å². The second-order valence-corrected chi connectivity index (χ2v) is 12.1. The van der Waals surface area contributed by atoms with Crippen LogP contribution in [0, 0.1) is 6.92 Å². The largest absolute Gasteiger partial charge is 0.484 e. The van der Waals surface area contributed by atoms with Crippen molar-refractivity contribution in [2.24, 2.45) is 0 Å². The third kappa shape index (κ3) is 8.95. The van der Waals surface area contributed by atoms with Crippen molar-refractivity contribution in [2.45, 2.75) is 51.2 Å². The van der Waals surface area contributed by atoms with Crippen molar-refractivity contribution in [1.82, 2.24) is 20.1 Å². The van der Waals surface area contributed by atoms with Crippen LogP contribution in [0.4, 0.5) is 5.00 Å². The van der Waals surface area contributed by atoms with Gasteiger partial charge in [-0.1, -0.05) is 60.3 Å². The van der Waals surface area contributed by atoms with E-state index in [4.69, 9.17) is 14.2 Å². The molecule has 0 aliphatic carbocycles. The molecule has 0 aliphatic rings. The van der Waals surface area contributed by atoms with Gasteiger partial charge in [0.1, 0.15) is 15.6 Å². The van der Waals surface area contributed by atoms with Gasteiger partial charge in [-0.05, 0) is 51.0 Å². The maximum Gasteiger partial charge on any atom is 0.348 e. The van der Waals surface area contributed by atoms with Crippen molar-refractivity contribution < 1.29 is 33.4 Å². The summed E-state index contributed by atoms with van der Waals surface area (Å²) in [4.78, 5) is 51.5. The van der Waals surface area contributed by atoms with Gasteiger partial charge in [0.25, 0.3) is 5.91 Å². The van der Waals surface area contributed by atoms with Crippen LogP contribution < -0.4 is 15.4 Å². The first kappa shape index (κ1) is 34.2. The Morgan fingerprint density at radius 2 is 1.59 bits per heavy atom. The van der Waals surface area contributed by atoms with E-state index in [1.165, 1.54) is 11.8 Å². The molecule has 0 saturated carbocycles. The van der Waals surface area contributed by atoms with Gasteiger partial charge >= 0.3 is 11.9 Å². The summed E-state index contributed by atoms with van der Waals surface area (Å²) in [7, 11) is 0. The number of thiophene rings is 1. The first-order chi connectivity index (χ1) is 22.2. The van der Waals surface area contributed by atoms with Gasteiger partial charge in [0.2, 0.25) is 5.91 Å². The minimum absolute atomic E-state index is 0.0892. The topological polar surface area (TPSA) is 151 Å². The van der Waals surface area contributed by atoms with E-state index >= 15 is 0 Å². The van der Waals surface area contributed by atoms with Crippen molar-refractivity contribution in [3.05, 3.63) is 88.1 Å². The molecule has 0 fully saturated rings. The normalized spacial score (nSPS) is 11.4. The molecule has 14 heteroatoms. The number of nitrogens with zero attached hydrogens (tertiary/aromatic N) is 3. The first-order valence-corrected chi connectivity index (χ1v) is 16.3. The van der Waals surface area contributed by atoms with E-state index < -0.39 is 23.1 Å². The number of anilines is 1. The molecule has 2 aromatic heterocycles. The summed E-state index contributed by atoms with van der Waals surface area (Å²) >= 11 is 2.13. The van der Waals surface area contributed by atoms with Crippen LogP contribution in [0.1, 0.15) is 57.8 Å². The Morgan fingerprint density at radius 1 is 0.935 bits per heavy atom. The summed E-state index contributed by atoms with van der Waals surface area (Å²) < 4.78 is 17.7. The highest BCUT2D eigenvalue weighted by Crippen LogP contribution is 2.35.